The highest BCUT2D eigenvalue weighted by molar-refractivity contribution is 5.94. The second kappa shape index (κ2) is 7.01. The van der Waals surface area contributed by atoms with Crippen LogP contribution in [0.15, 0.2) is 47.1 Å². The van der Waals surface area contributed by atoms with Crippen molar-refractivity contribution >= 4 is 11.9 Å². The van der Waals surface area contributed by atoms with Crippen LogP contribution in [0.1, 0.15) is 46.1 Å². The van der Waals surface area contributed by atoms with Gasteiger partial charge in [-0.3, -0.25) is 4.79 Å². The van der Waals surface area contributed by atoms with Crippen molar-refractivity contribution in [2.75, 3.05) is 0 Å². The highest BCUT2D eigenvalue weighted by atomic mass is 16.3. The van der Waals surface area contributed by atoms with Crippen LogP contribution < -0.4 is 0 Å². The third-order valence-corrected chi connectivity index (χ3v) is 3.59. The maximum Gasteiger partial charge on any atom is 0.206 e. The Kier molecular flexibility index (Phi) is 4.62. The van der Waals surface area contributed by atoms with Crippen LogP contribution in [0.5, 0.6) is 0 Å². The van der Waals surface area contributed by atoms with Crippen LogP contribution >= 0.6 is 0 Å². The molecule has 0 fully saturated rings. The van der Waals surface area contributed by atoms with E-state index in [0.717, 1.165) is 11.1 Å². The number of hydrogen-bond acceptors (Lipinski definition) is 6. The van der Waals surface area contributed by atoms with Gasteiger partial charge in [-0.05, 0) is 30.7 Å². The normalized spacial score (nSPS) is 12.6. The van der Waals surface area contributed by atoms with Gasteiger partial charge in [0.05, 0.1) is 6.26 Å². The second-order valence-corrected chi connectivity index (χ2v) is 5.31. The number of aromatic amines is 1. The SMILES string of the molecule is CC(=O)c1ccc(Cc2ccoc2C=CC(O)c2nn[nH]n2)cc1. The Morgan fingerprint density at radius 2 is 2.12 bits per heavy atom. The summed E-state index contributed by atoms with van der Waals surface area (Å²) in [6, 6.07) is 9.34. The summed E-state index contributed by atoms with van der Waals surface area (Å²) < 4.78 is 5.45. The van der Waals surface area contributed by atoms with Gasteiger partial charge in [-0.25, -0.2) is 0 Å². The zero-order valence-corrected chi connectivity index (χ0v) is 13.0. The first-order valence-corrected chi connectivity index (χ1v) is 7.39. The van der Waals surface area contributed by atoms with E-state index >= 15 is 0 Å². The van der Waals surface area contributed by atoms with Gasteiger partial charge in [0.2, 0.25) is 5.82 Å². The third kappa shape index (κ3) is 3.64. The van der Waals surface area contributed by atoms with E-state index in [1.54, 1.807) is 19.3 Å². The van der Waals surface area contributed by atoms with Crippen molar-refractivity contribution in [2.45, 2.75) is 19.4 Å². The van der Waals surface area contributed by atoms with Crippen LogP contribution in [0.4, 0.5) is 0 Å². The number of H-pyrrole nitrogens is 1. The van der Waals surface area contributed by atoms with Gasteiger partial charge in [0, 0.05) is 17.5 Å². The molecule has 3 rings (SSSR count). The Bertz CT molecular complexity index is 835. The lowest BCUT2D eigenvalue weighted by Gasteiger charge is -2.02. The number of ketones is 1. The quantitative estimate of drug-likeness (QED) is 0.674. The van der Waals surface area contributed by atoms with Crippen molar-refractivity contribution < 1.29 is 14.3 Å². The van der Waals surface area contributed by atoms with Crippen molar-refractivity contribution in [3.63, 3.8) is 0 Å². The average molecular weight is 324 g/mol. The van der Waals surface area contributed by atoms with Crippen LogP contribution in [-0.4, -0.2) is 31.5 Å². The van der Waals surface area contributed by atoms with Crippen molar-refractivity contribution in [2.24, 2.45) is 0 Å². The molecule has 0 aliphatic heterocycles. The van der Waals surface area contributed by atoms with Gasteiger partial charge >= 0.3 is 0 Å². The Morgan fingerprint density at radius 3 is 2.79 bits per heavy atom. The summed E-state index contributed by atoms with van der Waals surface area (Å²) >= 11 is 0. The van der Waals surface area contributed by atoms with E-state index in [1.165, 1.54) is 6.08 Å². The molecular formula is C17H16N4O3. The number of nitrogens with one attached hydrogen (secondary N) is 1. The van der Waals surface area contributed by atoms with Gasteiger partial charge in [-0.1, -0.05) is 29.5 Å². The molecule has 0 spiro atoms. The van der Waals surface area contributed by atoms with Crippen LogP contribution in [0.3, 0.4) is 0 Å². The van der Waals surface area contributed by atoms with Crippen LogP contribution in [-0.2, 0) is 6.42 Å². The molecule has 1 aromatic carbocycles. The zero-order valence-electron chi connectivity index (χ0n) is 13.0. The molecule has 0 aliphatic rings. The number of hydrogen-bond donors (Lipinski definition) is 2. The van der Waals surface area contributed by atoms with Gasteiger partial charge in [-0.15, -0.1) is 10.2 Å². The predicted molar refractivity (Wildman–Crippen MR) is 86.1 cm³/mol. The Hall–Kier alpha value is -3.06. The molecule has 0 aliphatic carbocycles. The molecule has 0 saturated carbocycles. The number of carbonyl (C=O) groups is 1. The molecule has 0 bridgehead atoms. The number of nitrogens with zero attached hydrogens (tertiary/aromatic N) is 3. The van der Waals surface area contributed by atoms with Crippen molar-refractivity contribution in [3.8, 4) is 0 Å². The van der Waals surface area contributed by atoms with E-state index in [2.05, 4.69) is 20.6 Å². The number of Topliss-reactive ketones (excluding diaryl/α,β-unsaturated/α-hetero) is 1. The molecule has 2 N–H and O–H groups in total. The first-order valence-electron chi connectivity index (χ1n) is 7.39. The smallest absolute Gasteiger partial charge is 0.206 e. The topological polar surface area (TPSA) is 105 Å². The Balaban J connectivity index is 1.72. The summed E-state index contributed by atoms with van der Waals surface area (Å²) in [4.78, 5) is 11.3. The number of aromatic nitrogens is 4. The molecule has 24 heavy (non-hydrogen) atoms. The van der Waals surface area contributed by atoms with Crippen molar-refractivity contribution in [3.05, 3.63) is 70.9 Å². The summed E-state index contributed by atoms with van der Waals surface area (Å²) in [6.45, 7) is 1.54. The fourth-order valence-electron chi connectivity index (χ4n) is 2.28. The van der Waals surface area contributed by atoms with E-state index in [9.17, 15) is 9.90 Å². The average Bonchev–Trinajstić information content (AvgIpc) is 3.25. The number of carbonyl (C=O) groups excluding carboxylic acids is 1. The van der Waals surface area contributed by atoms with E-state index in [-0.39, 0.29) is 11.6 Å². The molecule has 2 heterocycles. The number of aliphatic hydroxyl groups is 1. The molecular weight excluding hydrogens is 308 g/mol. The molecule has 7 heteroatoms. The lowest BCUT2D eigenvalue weighted by Crippen LogP contribution is -1.96. The molecule has 0 amide bonds. The summed E-state index contributed by atoms with van der Waals surface area (Å²) in [5.41, 5.74) is 2.73. The first kappa shape index (κ1) is 15.8. The van der Waals surface area contributed by atoms with Crippen LogP contribution in [0.25, 0.3) is 6.08 Å². The second-order valence-electron chi connectivity index (χ2n) is 5.31. The molecule has 2 aromatic heterocycles. The maximum absolute atomic E-state index is 11.3. The number of furan rings is 1. The standard InChI is InChI=1S/C17H16N4O3/c1-11(22)13-4-2-12(3-5-13)10-14-8-9-24-16(14)7-6-15(23)17-18-20-21-19-17/h2-9,15,23H,10H2,1H3,(H,18,19,20,21). The largest absolute Gasteiger partial charge is 0.465 e. The number of tetrazole rings is 1. The highest BCUT2D eigenvalue weighted by Crippen LogP contribution is 2.19. The van der Waals surface area contributed by atoms with Crippen molar-refractivity contribution in [1.82, 2.24) is 20.6 Å². The van der Waals surface area contributed by atoms with Gasteiger partial charge in [0.1, 0.15) is 11.9 Å². The van der Waals surface area contributed by atoms with E-state index < -0.39 is 6.10 Å². The molecule has 0 radical (unpaired) electrons. The van der Waals surface area contributed by atoms with Gasteiger partial charge in [-0.2, -0.15) is 5.21 Å². The van der Waals surface area contributed by atoms with Crippen LogP contribution in [0, 0.1) is 0 Å². The molecule has 0 saturated heterocycles. The van der Waals surface area contributed by atoms with Crippen molar-refractivity contribution in [1.29, 1.82) is 0 Å². The fourth-order valence-corrected chi connectivity index (χ4v) is 2.28. The highest BCUT2D eigenvalue weighted by Gasteiger charge is 2.10. The minimum atomic E-state index is -0.962. The minimum Gasteiger partial charge on any atom is -0.465 e. The lowest BCUT2D eigenvalue weighted by molar-refractivity contribution is 0.101. The Labute approximate surface area is 138 Å². The summed E-state index contributed by atoms with van der Waals surface area (Å²) in [7, 11) is 0. The molecule has 7 nitrogen and oxygen atoms in total. The minimum absolute atomic E-state index is 0.0453. The summed E-state index contributed by atoms with van der Waals surface area (Å²) in [5.74, 6) is 0.885. The monoisotopic (exact) mass is 324 g/mol. The number of aliphatic hydroxyl groups excluding tert-OH is 1. The summed E-state index contributed by atoms with van der Waals surface area (Å²) in [5, 5.41) is 23.1. The lowest BCUT2D eigenvalue weighted by atomic mass is 10.0. The fraction of sp³-hybridized carbons (Fsp3) is 0.176. The Morgan fingerprint density at radius 1 is 1.33 bits per heavy atom. The van der Waals surface area contributed by atoms with E-state index in [4.69, 9.17) is 4.42 Å². The number of rotatable bonds is 6. The van der Waals surface area contributed by atoms with Crippen LogP contribution in [0.2, 0.25) is 0 Å². The van der Waals surface area contributed by atoms with Gasteiger partial charge in [0.15, 0.2) is 5.78 Å². The first-order chi connectivity index (χ1) is 11.6. The molecule has 122 valence electrons. The maximum atomic E-state index is 11.3. The molecule has 1 unspecified atom stereocenters. The van der Waals surface area contributed by atoms with Gasteiger partial charge in [0.25, 0.3) is 0 Å². The molecule has 1 atom stereocenters. The van der Waals surface area contributed by atoms with E-state index in [0.29, 0.717) is 17.7 Å². The van der Waals surface area contributed by atoms with E-state index in [1.807, 2.05) is 30.3 Å². The van der Waals surface area contributed by atoms with Gasteiger partial charge < -0.3 is 9.52 Å². The number of benzene rings is 1. The summed E-state index contributed by atoms with van der Waals surface area (Å²) in [6.07, 6.45) is 4.51. The molecule has 3 aromatic rings. The third-order valence-electron chi connectivity index (χ3n) is 3.59. The predicted octanol–water partition coefficient (Wildman–Crippen LogP) is 2.33. The zero-order chi connectivity index (χ0) is 16.9.